The molecule has 0 N–H and O–H groups in total. The van der Waals surface area contributed by atoms with E-state index in [4.69, 9.17) is 0 Å². The van der Waals surface area contributed by atoms with Gasteiger partial charge in [-0.2, -0.15) is 0 Å². The molecule has 0 fully saturated rings. The van der Waals surface area contributed by atoms with E-state index < -0.39 is 0 Å². The number of allylic oxidation sites excluding steroid dienone is 6. The van der Waals surface area contributed by atoms with Crippen LogP contribution in [0, 0.1) is 0 Å². The van der Waals surface area contributed by atoms with Crippen molar-refractivity contribution in [2.45, 2.75) is 0 Å². The highest BCUT2D eigenvalue weighted by Crippen LogP contribution is 2.29. The number of benzene rings is 2. The van der Waals surface area contributed by atoms with Crippen LogP contribution < -0.4 is 0 Å². The van der Waals surface area contributed by atoms with Gasteiger partial charge in [0.25, 0.3) is 0 Å². The minimum absolute atomic E-state index is 1.24. The lowest BCUT2D eigenvalue weighted by Crippen LogP contribution is -1.86. The quantitative estimate of drug-likeness (QED) is 0.583. The minimum Gasteiger partial charge on any atom is -0.0623 e. The van der Waals surface area contributed by atoms with Gasteiger partial charge in [0.15, 0.2) is 0 Å². The third-order valence-corrected chi connectivity index (χ3v) is 3.32. The molecule has 0 amide bonds. The van der Waals surface area contributed by atoms with E-state index in [2.05, 4.69) is 85.0 Å². The molecule has 0 bridgehead atoms. The summed E-state index contributed by atoms with van der Waals surface area (Å²) in [5, 5.41) is 0. The van der Waals surface area contributed by atoms with Crippen LogP contribution in [0.4, 0.5) is 0 Å². The molecule has 0 heterocycles. The van der Waals surface area contributed by atoms with E-state index in [1.807, 2.05) is 12.2 Å². The normalized spacial score (nSPS) is 16.4. The lowest BCUT2D eigenvalue weighted by molar-refractivity contribution is 1.57. The zero-order chi connectivity index (χ0) is 13.6. The standard InChI is InChI=1S/C20H16/c1-2-4-6-12-18-14-8-10-16-20(18)19-15-9-7-13-17(19)11-5-3-1/h1-16H/b2-1?,3-1?,4-2?,5-3?,6-4?,11-5-,12-6-,17-11?,18-12?,20-19?. The molecular formula is C20H16. The number of rotatable bonds is 0. The van der Waals surface area contributed by atoms with Crippen LogP contribution in [0.15, 0.2) is 85.0 Å². The Morgan fingerprint density at radius 1 is 0.400 bits per heavy atom. The largest absolute Gasteiger partial charge is 0.0623 e. The zero-order valence-electron chi connectivity index (χ0n) is 11.2. The number of hydrogen-bond donors (Lipinski definition) is 0. The van der Waals surface area contributed by atoms with Gasteiger partial charge >= 0.3 is 0 Å². The first-order chi connectivity index (χ1) is 9.95. The first-order valence-corrected chi connectivity index (χ1v) is 6.82. The average molecular weight is 256 g/mol. The van der Waals surface area contributed by atoms with Crippen molar-refractivity contribution in [1.29, 1.82) is 0 Å². The van der Waals surface area contributed by atoms with Crippen molar-refractivity contribution < 1.29 is 0 Å². The lowest BCUT2D eigenvalue weighted by Gasteiger charge is -2.10. The van der Waals surface area contributed by atoms with Crippen LogP contribution in [-0.2, 0) is 0 Å². The molecule has 0 saturated carbocycles. The third kappa shape index (κ3) is 2.70. The van der Waals surface area contributed by atoms with Crippen molar-refractivity contribution >= 4 is 12.2 Å². The SMILES string of the molecule is C1=C/C=C\c2ccccc2-c2ccccc2/C=C\C=C1. The van der Waals surface area contributed by atoms with Crippen LogP contribution in [0.2, 0.25) is 0 Å². The van der Waals surface area contributed by atoms with E-state index in [0.717, 1.165) is 0 Å². The Labute approximate surface area is 120 Å². The van der Waals surface area contributed by atoms with Crippen LogP contribution in [0.3, 0.4) is 0 Å². The highest BCUT2D eigenvalue weighted by molar-refractivity contribution is 5.82. The molecule has 0 nitrogen and oxygen atoms in total. The van der Waals surface area contributed by atoms with Crippen molar-refractivity contribution in [2.24, 2.45) is 0 Å². The molecular weight excluding hydrogens is 240 g/mol. The molecule has 96 valence electrons. The van der Waals surface area contributed by atoms with Gasteiger partial charge in [-0.1, -0.05) is 97.1 Å². The summed E-state index contributed by atoms with van der Waals surface area (Å²) in [6.07, 6.45) is 16.6. The number of fused-ring (bicyclic) bond motifs is 3. The van der Waals surface area contributed by atoms with E-state index in [1.165, 1.54) is 22.3 Å². The van der Waals surface area contributed by atoms with Crippen molar-refractivity contribution in [2.75, 3.05) is 0 Å². The second-order valence-corrected chi connectivity index (χ2v) is 4.66. The average Bonchev–Trinajstić information content (AvgIpc) is 2.49. The Kier molecular flexibility index (Phi) is 3.75. The molecule has 1 aliphatic rings. The van der Waals surface area contributed by atoms with Crippen molar-refractivity contribution in [3.63, 3.8) is 0 Å². The molecule has 2 aromatic carbocycles. The number of hydrogen-bond acceptors (Lipinski definition) is 0. The molecule has 0 radical (unpaired) electrons. The lowest BCUT2D eigenvalue weighted by atomic mass is 9.95. The van der Waals surface area contributed by atoms with Gasteiger partial charge in [0, 0.05) is 0 Å². The Bertz CT molecular complexity index is 649. The predicted molar refractivity (Wildman–Crippen MR) is 88.2 cm³/mol. The predicted octanol–water partition coefficient (Wildman–Crippen LogP) is 5.51. The topological polar surface area (TPSA) is 0 Å². The molecule has 0 aromatic heterocycles. The van der Waals surface area contributed by atoms with Crippen LogP contribution >= 0.6 is 0 Å². The molecule has 1 aliphatic carbocycles. The highest BCUT2D eigenvalue weighted by Gasteiger charge is 2.05. The van der Waals surface area contributed by atoms with E-state index in [9.17, 15) is 0 Å². The maximum Gasteiger partial charge on any atom is -0.0105 e. The molecule has 0 aliphatic heterocycles. The van der Waals surface area contributed by atoms with Gasteiger partial charge in [-0.3, -0.25) is 0 Å². The van der Waals surface area contributed by atoms with Crippen LogP contribution in [0.25, 0.3) is 23.3 Å². The summed E-state index contributed by atoms with van der Waals surface area (Å²) >= 11 is 0. The fraction of sp³-hybridized carbons (Fsp3) is 0. The molecule has 0 saturated heterocycles. The molecule has 0 spiro atoms. The Hall–Kier alpha value is -2.60. The van der Waals surface area contributed by atoms with Gasteiger partial charge in [-0.05, 0) is 22.3 Å². The highest BCUT2D eigenvalue weighted by atomic mass is 14.1. The van der Waals surface area contributed by atoms with Gasteiger partial charge in [-0.15, -0.1) is 0 Å². The Balaban J connectivity index is 2.23. The van der Waals surface area contributed by atoms with Crippen molar-refractivity contribution in [1.82, 2.24) is 0 Å². The molecule has 2 aromatic rings. The van der Waals surface area contributed by atoms with Crippen molar-refractivity contribution in [3.8, 4) is 11.1 Å². The summed E-state index contributed by atoms with van der Waals surface area (Å²) in [5.74, 6) is 0. The summed E-state index contributed by atoms with van der Waals surface area (Å²) in [4.78, 5) is 0. The van der Waals surface area contributed by atoms with Crippen molar-refractivity contribution in [3.05, 3.63) is 96.1 Å². The van der Waals surface area contributed by atoms with Crippen LogP contribution in [0.1, 0.15) is 11.1 Å². The third-order valence-electron chi connectivity index (χ3n) is 3.32. The minimum atomic E-state index is 1.24. The molecule has 0 heteroatoms. The second-order valence-electron chi connectivity index (χ2n) is 4.66. The molecule has 0 atom stereocenters. The summed E-state index contributed by atoms with van der Waals surface area (Å²) < 4.78 is 0. The fourth-order valence-corrected chi connectivity index (χ4v) is 2.35. The van der Waals surface area contributed by atoms with Crippen LogP contribution in [0.5, 0.6) is 0 Å². The van der Waals surface area contributed by atoms with Crippen LogP contribution in [-0.4, -0.2) is 0 Å². The molecule has 20 heavy (non-hydrogen) atoms. The van der Waals surface area contributed by atoms with Gasteiger partial charge < -0.3 is 0 Å². The fourth-order valence-electron chi connectivity index (χ4n) is 2.35. The van der Waals surface area contributed by atoms with E-state index in [0.29, 0.717) is 0 Å². The monoisotopic (exact) mass is 256 g/mol. The van der Waals surface area contributed by atoms with Gasteiger partial charge in [0.2, 0.25) is 0 Å². The second kappa shape index (κ2) is 6.03. The molecule has 0 unspecified atom stereocenters. The van der Waals surface area contributed by atoms with E-state index >= 15 is 0 Å². The Morgan fingerprint density at radius 3 is 1.30 bits per heavy atom. The maximum atomic E-state index is 2.18. The first kappa shape index (κ1) is 12.4. The molecule has 3 rings (SSSR count). The summed E-state index contributed by atoms with van der Waals surface area (Å²) in [6.45, 7) is 0. The Morgan fingerprint density at radius 2 is 0.800 bits per heavy atom. The zero-order valence-corrected chi connectivity index (χ0v) is 11.2. The van der Waals surface area contributed by atoms with E-state index in [1.54, 1.807) is 0 Å². The van der Waals surface area contributed by atoms with Gasteiger partial charge in [0.1, 0.15) is 0 Å². The summed E-state index contributed by atoms with van der Waals surface area (Å²) in [7, 11) is 0. The maximum absolute atomic E-state index is 2.18. The van der Waals surface area contributed by atoms with Gasteiger partial charge in [-0.25, -0.2) is 0 Å². The summed E-state index contributed by atoms with van der Waals surface area (Å²) in [5.41, 5.74) is 5.01. The van der Waals surface area contributed by atoms with Gasteiger partial charge in [0.05, 0.1) is 0 Å². The van der Waals surface area contributed by atoms with E-state index in [-0.39, 0.29) is 0 Å². The summed E-state index contributed by atoms with van der Waals surface area (Å²) in [6, 6.07) is 17.0. The first-order valence-electron chi connectivity index (χ1n) is 6.82. The smallest absolute Gasteiger partial charge is 0.0105 e.